The fourth-order valence-corrected chi connectivity index (χ4v) is 4.11. The molecule has 1 heterocycles. The highest BCUT2D eigenvalue weighted by atomic mass is 35.5. The van der Waals surface area contributed by atoms with Crippen molar-refractivity contribution in [3.63, 3.8) is 0 Å². The minimum absolute atomic E-state index is 0.285. The molecule has 1 aromatic rings. The molecule has 3 nitrogen and oxygen atoms in total. The van der Waals surface area contributed by atoms with Crippen LogP contribution in [0.25, 0.3) is 0 Å². The second-order valence-corrected chi connectivity index (χ2v) is 6.71. The number of phenols is 1. The summed E-state index contributed by atoms with van der Waals surface area (Å²) in [5, 5.41) is 14.4. The van der Waals surface area contributed by atoms with Crippen LogP contribution in [0.15, 0.2) is 18.2 Å². The smallest absolute Gasteiger partial charge is 0.138 e. The Morgan fingerprint density at radius 2 is 1.86 bits per heavy atom. The highest BCUT2D eigenvalue weighted by Crippen LogP contribution is 2.43. The van der Waals surface area contributed by atoms with Gasteiger partial charge in [0.05, 0.1) is 5.02 Å². The molecule has 1 aliphatic carbocycles. The molecule has 0 bridgehead atoms. The van der Waals surface area contributed by atoms with Crippen molar-refractivity contribution in [1.82, 2.24) is 10.2 Å². The molecule has 1 atom stereocenters. The molecule has 0 aromatic heterocycles. The first-order chi connectivity index (χ1) is 10.3. The van der Waals surface area contributed by atoms with Gasteiger partial charge in [0.2, 0.25) is 0 Å². The summed E-state index contributed by atoms with van der Waals surface area (Å²) >= 11 is 6.15. The van der Waals surface area contributed by atoms with Gasteiger partial charge in [0.1, 0.15) is 5.75 Å². The van der Waals surface area contributed by atoms with Gasteiger partial charge in [-0.15, -0.1) is 0 Å². The number of halogens is 1. The Hall–Kier alpha value is -0.770. The molecule has 4 heteroatoms. The predicted molar refractivity (Wildman–Crippen MR) is 86.9 cm³/mol. The van der Waals surface area contributed by atoms with Crippen LogP contribution in [-0.2, 0) is 0 Å². The van der Waals surface area contributed by atoms with Gasteiger partial charge in [0.25, 0.3) is 0 Å². The van der Waals surface area contributed by atoms with E-state index >= 15 is 0 Å². The molecule has 116 valence electrons. The van der Waals surface area contributed by atoms with E-state index in [0.717, 1.165) is 31.7 Å². The summed E-state index contributed by atoms with van der Waals surface area (Å²) in [5.74, 6) is 0.925. The van der Waals surface area contributed by atoms with Crippen LogP contribution in [0, 0.1) is 5.92 Å². The van der Waals surface area contributed by atoms with E-state index in [1.54, 1.807) is 6.07 Å². The summed E-state index contributed by atoms with van der Waals surface area (Å²) in [5.41, 5.74) is 1.02. The van der Waals surface area contributed by atoms with Crippen LogP contribution >= 0.6 is 11.6 Å². The molecular weight excluding hydrogens is 284 g/mol. The molecule has 0 amide bonds. The molecule has 2 aliphatic rings. The minimum Gasteiger partial charge on any atom is -0.506 e. The molecule has 0 spiro atoms. The summed E-state index contributed by atoms with van der Waals surface area (Å²) < 4.78 is 0. The van der Waals surface area contributed by atoms with E-state index in [1.165, 1.54) is 32.1 Å². The Balaban J connectivity index is 1.91. The number of phenolic OH excluding ortho intramolecular Hbond substituents is 1. The number of rotatable bonds is 3. The van der Waals surface area contributed by atoms with Gasteiger partial charge in [-0.2, -0.15) is 0 Å². The van der Waals surface area contributed by atoms with Crippen molar-refractivity contribution in [2.45, 2.75) is 38.1 Å². The third-order valence-corrected chi connectivity index (χ3v) is 5.28. The Morgan fingerprint density at radius 3 is 2.57 bits per heavy atom. The SMILES string of the molecule is Oc1c(Cl)cccc1[C@H](C1CCCCC1)N1CCNCC1. The number of para-hydroxylation sites is 1. The number of hydrogen-bond acceptors (Lipinski definition) is 3. The highest BCUT2D eigenvalue weighted by molar-refractivity contribution is 6.32. The number of benzene rings is 1. The lowest BCUT2D eigenvalue weighted by Gasteiger charge is -2.41. The lowest BCUT2D eigenvalue weighted by molar-refractivity contribution is 0.101. The molecule has 1 saturated heterocycles. The zero-order chi connectivity index (χ0) is 14.7. The standard InChI is InChI=1S/C17H25ClN2O/c18-15-8-4-7-14(17(15)21)16(13-5-2-1-3-6-13)20-11-9-19-10-12-20/h4,7-8,13,16,19,21H,1-3,5-6,9-12H2/t16-/m0/s1. The Labute approximate surface area is 132 Å². The first-order valence-corrected chi connectivity index (χ1v) is 8.57. The maximum atomic E-state index is 10.5. The first-order valence-electron chi connectivity index (χ1n) is 8.19. The first kappa shape index (κ1) is 15.1. The van der Waals surface area contributed by atoms with Crippen LogP contribution < -0.4 is 5.32 Å². The van der Waals surface area contributed by atoms with Crippen LogP contribution in [0.4, 0.5) is 0 Å². The molecule has 1 aliphatic heterocycles. The monoisotopic (exact) mass is 308 g/mol. The van der Waals surface area contributed by atoms with Gasteiger partial charge in [0.15, 0.2) is 0 Å². The van der Waals surface area contributed by atoms with Crippen LogP contribution in [0.5, 0.6) is 5.75 Å². The zero-order valence-electron chi connectivity index (χ0n) is 12.5. The average Bonchev–Trinajstić information content (AvgIpc) is 2.54. The Bertz CT molecular complexity index is 450. The summed E-state index contributed by atoms with van der Waals surface area (Å²) in [6.07, 6.45) is 6.51. The van der Waals surface area contributed by atoms with Gasteiger partial charge >= 0.3 is 0 Å². The number of aromatic hydroxyl groups is 1. The summed E-state index contributed by atoms with van der Waals surface area (Å²) in [6, 6.07) is 6.11. The van der Waals surface area contributed by atoms with Crippen molar-refractivity contribution >= 4 is 11.6 Å². The largest absolute Gasteiger partial charge is 0.506 e. The Kier molecular flexibility index (Phi) is 5.04. The minimum atomic E-state index is 0.285. The van der Waals surface area contributed by atoms with E-state index in [1.807, 2.05) is 6.07 Å². The third kappa shape index (κ3) is 3.36. The van der Waals surface area contributed by atoms with Gasteiger partial charge in [-0.25, -0.2) is 0 Å². The predicted octanol–water partition coefficient (Wildman–Crippen LogP) is 3.57. The zero-order valence-corrected chi connectivity index (χ0v) is 13.3. The van der Waals surface area contributed by atoms with Gasteiger partial charge in [0, 0.05) is 37.8 Å². The lowest BCUT2D eigenvalue weighted by atomic mass is 9.80. The van der Waals surface area contributed by atoms with Crippen molar-refractivity contribution < 1.29 is 5.11 Å². The molecule has 3 rings (SSSR count). The number of hydrogen-bond donors (Lipinski definition) is 2. The Morgan fingerprint density at radius 1 is 1.14 bits per heavy atom. The van der Waals surface area contributed by atoms with Crippen LogP contribution in [0.1, 0.15) is 43.7 Å². The van der Waals surface area contributed by atoms with Crippen molar-refractivity contribution in [3.05, 3.63) is 28.8 Å². The molecule has 1 saturated carbocycles. The lowest BCUT2D eigenvalue weighted by Crippen LogP contribution is -2.47. The van der Waals surface area contributed by atoms with E-state index in [0.29, 0.717) is 17.0 Å². The molecule has 1 aromatic carbocycles. The van der Waals surface area contributed by atoms with Gasteiger partial charge < -0.3 is 10.4 Å². The maximum Gasteiger partial charge on any atom is 0.138 e. The molecule has 0 unspecified atom stereocenters. The molecule has 2 N–H and O–H groups in total. The van der Waals surface area contributed by atoms with Crippen LogP contribution in [0.2, 0.25) is 5.02 Å². The summed E-state index contributed by atoms with van der Waals surface area (Å²) in [7, 11) is 0. The molecule has 2 fully saturated rings. The topological polar surface area (TPSA) is 35.5 Å². The van der Waals surface area contributed by atoms with Crippen LogP contribution in [0.3, 0.4) is 0 Å². The fourth-order valence-electron chi connectivity index (χ4n) is 3.93. The van der Waals surface area contributed by atoms with E-state index in [9.17, 15) is 5.11 Å². The fraction of sp³-hybridized carbons (Fsp3) is 0.647. The average molecular weight is 309 g/mol. The van der Waals surface area contributed by atoms with Crippen LogP contribution in [-0.4, -0.2) is 36.2 Å². The molecular formula is C17H25ClN2O. The number of nitrogens with zero attached hydrogens (tertiary/aromatic N) is 1. The quantitative estimate of drug-likeness (QED) is 0.896. The van der Waals surface area contributed by atoms with Crippen molar-refractivity contribution in [2.24, 2.45) is 5.92 Å². The number of nitrogens with one attached hydrogen (secondary N) is 1. The summed E-state index contributed by atoms with van der Waals surface area (Å²) in [6.45, 7) is 4.16. The van der Waals surface area contributed by atoms with Gasteiger partial charge in [-0.05, 0) is 24.8 Å². The van der Waals surface area contributed by atoms with Crippen molar-refractivity contribution in [2.75, 3.05) is 26.2 Å². The third-order valence-electron chi connectivity index (χ3n) is 4.98. The maximum absolute atomic E-state index is 10.5. The molecule has 21 heavy (non-hydrogen) atoms. The van der Waals surface area contributed by atoms with E-state index < -0.39 is 0 Å². The van der Waals surface area contributed by atoms with Crippen molar-refractivity contribution in [3.8, 4) is 5.75 Å². The highest BCUT2D eigenvalue weighted by Gasteiger charge is 2.32. The molecule has 0 radical (unpaired) electrons. The normalized spacial score (nSPS) is 23.1. The second-order valence-electron chi connectivity index (χ2n) is 6.31. The van der Waals surface area contributed by atoms with E-state index in [2.05, 4.69) is 16.3 Å². The summed E-state index contributed by atoms with van der Waals surface area (Å²) in [4.78, 5) is 2.54. The van der Waals surface area contributed by atoms with E-state index in [-0.39, 0.29) is 5.75 Å². The van der Waals surface area contributed by atoms with E-state index in [4.69, 9.17) is 11.6 Å². The van der Waals surface area contributed by atoms with Crippen molar-refractivity contribution in [1.29, 1.82) is 0 Å². The van der Waals surface area contributed by atoms with Gasteiger partial charge in [-0.1, -0.05) is 43.0 Å². The van der Waals surface area contributed by atoms with Gasteiger partial charge in [-0.3, -0.25) is 4.90 Å². The number of piperazine rings is 1. The second kappa shape index (κ2) is 6.99.